The van der Waals surface area contributed by atoms with Gasteiger partial charge >= 0.3 is 0 Å². The minimum absolute atomic E-state index is 0.0960. The molecule has 4 unspecified atom stereocenters. The smallest absolute Gasteiger partial charge is 0.243 e. The zero-order valence-corrected chi connectivity index (χ0v) is 23.9. The van der Waals surface area contributed by atoms with Crippen molar-refractivity contribution in [3.63, 3.8) is 0 Å². The molecule has 214 valence electrons. The molecule has 0 radical (unpaired) electrons. The Morgan fingerprint density at radius 2 is 1.64 bits per heavy atom. The van der Waals surface area contributed by atoms with Gasteiger partial charge < -0.3 is 15.0 Å². The van der Waals surface area contributed by atoms with Gasteiger partial charge in [0.2, 0.25) is 11.8 Å². The zero-order chi connectivity index (χ0) is 29.2. The Balaban J connectivity index is 1.47. The minimum Gasteiger partial charge on any atom is -0.497 e. The van der Waals surface area contributed by atoms with Gasteiger partial charge in [-0.1, -0.05) is 48.5 Å². The molecule has 1 saturated carbocycles. The number of amides is 2. The molecule has 2 fully saturated rings. The number of ketones is 1. The molecule has 1 saturated heterocycles. The highest BCUT2D eigenvalue weighted by molar-refractivity contribution is 7.10. The van der Waals surface area contributed by atoms with Crippen LogP contribution in [0.5, 0.6) is 5.75 Å². The maximum absolute atomic E-state index is 14.5. The van der Waals surface area contributed by atoms with Gasteiger partial charge in [0.15, 0.2) is 5.78 Å². The van der Waals surface area contributed by atoms with Crippen LogP contribution in [0.25, 0.3) is 0 Å². The second kappa shape index (κ2) is 11.9. The van der Waals surface area contributed by atoms with Crippen molar-refractivity contribution in [3.05, 3.63) is 124 Å². The predicted octanol–water partition coefficient (Wildman–Crippen LogP) is 6.16. The van der Waals surface area contributed by atoms with E-state index in [1.807, 2.05) is 47.8 Å². The third-order valence-corrected chi connectivity index (χ3v) is 9.14. The Kier molecular flexibility index (Phi) is 7.89. The van der Waals surface area contributed by atoms with Crippen molar-refractivity contribution in [2.24, 2.45) is 11.8 Å². The van der Waals surface area contributed by atoms with Crippen LogP contribution in [-0.2, 0) is 16.1 Å². The summed E-state index contributed by atoms with van der Waals surface area (Å²) in [7, 11) is 1.57. The predicted molar refractivity (Wildman–Crippen MR) is 159 cm³/mol. The lowest BCUT2D eigenvalue weighted by molar-refractivity contribution is -0.142. The van der Waals surface area contributed by atoms with Crippen molar-refractivity contribution >= 4 is 28.9 Å². The summed E-state index contributed by atoms with van der Waals surface area (Å²) in [6.45, 7) is 0.170. The van der Waals surface area contributed by atoms with E-state index in [9.17, 15) is 18.8 Å². The van der Waals surface area contributed by atoms with Crippen LogP contribution in [0.1, 0.15) is 51.2 Å². The number of Topliss-reactive ketones (excluding diaryl/α,β-unsaturated/α-hetero) is 1. The molecule has 6 rings (SSSR count). The molecule has 2 heterocycles. The van der Waals surface area contributed by atoms with Gasteiger partial charge in [0.05, 0.1) is 19.1 Å². The van der Waals surface area contributed by atoms with Gasteiger partial charge in [0, 0.05) is 28.8 Å². The van der Waals surface area contributed by atoms with E-state index in [0.29, 0.717) is 11.3 Å². The summed E-state index contributed by atoms with van der Waals surface area (Å²) in [6.07, 6.45) is 1.53. The number of hydrogen-bond donors (Lipinski definition) is 1. The fourth-order valence-corrected chi connectivity index (χ4v) is 6.88. The molecule has 4 aromatic rings. The number of ether oxygens (including phenoxy) is 1. The van der Waals surface area contributed by atoms with Gasteiger partial charge in [-0.3, -0.25) is 14.4 Å². The summed E-state index contributed by atoms with van der Waals surface area (Å²) < 4.78 is 18.8. The van der Waals surface area contributed by atoms with Gasteiger partial charge in [-0.05, 0) is 71.8 Å². The number of carbonyl (C=O) groups excluding carboxylic acids is 3. The van der Waals surface area contributed by atoms with Crippen LogP contribution in [0.3, 0.4) is 0 Å². The largest absolute Gasteiger partial charge is 0.497 e. The zero-order valence-electron chi connectivity index (χ0n) is 23.1. The maximum atomic E-state index is 14.5. The first-order valence-electron chi connectivity index (χ1n) is 14.1. The summed E-state index contributed by atoms with van der Waals surface area (Å²) in [5, 5.41) is 4.94. The molecule has 8 heteroatoms. The first-order chi connectivity index (χ1) is 20.5. The Labute approximate surface area is 248 Å². The molecule has 1 aliphatic carbocycles. The molecule has 3 aromatic carbocycles. The average Bonchev–Trinajstić information content (AvgIpc) is 3.62. The molecule has 4 atom stereocenters. The Bertz CT molecular complexity index is 1550. The van der Waals surface area contributed by atoms with E-state index in [1.165, 1.54) is 23.5 Å². The minimum atomic E-state index is -0.916. The van der Waals surface area contributed by atoms with Crippen molar-refractivity contribution in [2.45, 2.75) is 37.4 Å². The highest BCUT2D eigenvalue weighted by atomic mass is 32.1. The lowest BCUT2D eigenvalue weighted by Crippen LogP contribution is -2.49. The second-order valence-electron chi connectivity index (χ2n) is 10.8. The lowest BCUT2D eigenvalue weighted by atomic mass is 9.77. The third-order valence-electron chi connectivity index (χ3n) is 8.19. The normalized spacial score (nSPS) is 21.6. The molecule has 1 aromatic heterocycles. The third kappa shape index (κ3) is 5.46. The van der Waals surface area contributed by atoms with Gasteiger partial charge in [-0.2, -0.15) is 0 Å². The summed E-state index contributed by atoms with van der Waals surface area (Å²) in [5.41, 5.74) is 2.05. The SMILES string of the molecule is COc1ccc(C(=O)C2C(c3ccccc3)C(C(=O)NCc3ccc(F)cc3)N(C(=O)C3CC3)C2c2cccs2)cc1. The topological polar surface area (TPSA) is 75.7 Å². The average molecular weight is 583 g/mol. The van der Waals surface area contributed by atoms with Crippen LogP contribution in [0.4, 0.5) is 4.39 Å². The van der Waals surface area contributed by atoms with E-state index < -0.39 is 23.9 Å². The fourth-order valence-electron chi connectivity index (χ4n) is 6.01. The number of hydrogen-bond acceptors (Lipinski definition) is 5. The van der Waals surface area contributed by atoms with Crippen molar-refractivity contribution in [3.8, 4) is 5.75 Å². The maximum Gasteiger partial charge on any atom is 0.243 e. The summed E-state index contributed by atoms with van der Waals surface area (Å²) in [6, 6.07) is 24.8. The van der Waals surface area contributed by atoms with Crippen LogP contribution < -0.4 is 10.1 Å². The number of benzene rings is 3. The van der Waals surface area contributed by atoms with E-state index in [2.05, 4.69) is 5.32 Å². The van der Waals surface area contributed by atoms with Crippen LogP contribution in [0.15, 0.2) is 96.4 Å². The van der Waals surface area contributed by atoms with E-state index in [0.717, 1.165) is 28.8 Å². The number of thiophene rings is 1. The number of methoxy groups -OCH3 is 1. The van der Waals surface area contributed by atoms with Gasteiger partial charge in [-0.25, -0.2) is 4.39 Å². The Morgan fingerprint density at radius 1 is 0.929 bits per heavy atom. The highest BCUT2D eigenvalue weighted by Gasteiger charge is 2.59. The first-order valence-corrected chi connectivity index (χ1v) is 14.9. The summed E-state index contributed by atoms with van der Waals surface area (Å²) >= 11 is 1.49. The molecular weight excluding hydrogens is 551 g/mol. The number of carbonyl (C=O) groups is 3. The molecular formula is C34H31FN2O4S. The van der Waals surface area contributed by atoms with Crippen molar-refractivity contribution < 1.29 is 23.5 Å². The highest BCUT2D eigenvalue weighted by Crippen LogP contribution is 2.53. The summed E-state index contributed by atoms with van der Waals surface area (Å²) in [4.78, 5) is 45.4. The number of halogens is 1. The van der Waals surface area contributed by atoms with Gasteiger partial charge in [0.1, 0.15) is 17.6 Å². The Hall–Kier alpha value is -4.30. The number of nitrogens with zero attached hydrogens (tertiary/aromatic N) is 1. The summed E-state index contributed by atoms with van der Waals surface area (Å²) in [5.74, 6) is -1.75. The fraction of sp³-hybridized carbons (Fsp3) is 0.265. The molecule has 0 spiro atoms. The van der Waals surface area contributed by atoms with Crippen LogP contribution in [0, 0.1) is 17.7 Å². The molecule has 2 aliphatic rings. The number of rotatable bonds is 9. The monoisotopic (exact) mass is 582 g/mol. The van der Waals surface area contributed by atoms with Crippen LogP contribution in [-0.4, -0.2) is 35.6 Å². The molecule has 1 N–H and O–H groups in total. The first kappa shape index (κ1) is 27.8. The van der Waals surface area contributed by atoms with Crippen molar-refractivity contribution in [2.75, 3.05) is 7.11 Å². The molecule has 2 amide bonds. The molecule has 42 heavy (non-hydrogen) atoms. The van der Waals surface area contributed by atoms with E-state index in [4.69, 9.17) is 4.74 Å². The second-order valence-corrected chi connectivity index (χ2v) is 11.8. The lowest BCUT2D eigenvalue weighted by Gasteiger charge is -2.31. The van der Waals surface area contributed by atoms with E-state index in [1.54, 1.807) is 48.4 Å². The van der Waals surface area contributed by atoms with Crippen LogP contribution >= 0.6 is 11.3 Å². The van der Waals surface area contributed by atoms with Gasteiger partial charge in [0.25, 0.3) is 0 Å². The van der Waals surface area contributed by atoms with E-state index >= 15 is 0 Å². The molecule has 6 nitrogen and oxygen atoms in total. The van der Waals surface area contributed by atoms with E-state index in [-0.39, 0.29) is 35.9 Å². The van der Waals surface area contributed by atoms with Crippen molar-refractivity contribution in [1.82, 2.24) is 10.2 Å². The molecule has 0 bridgehead atoms. The standard InChI is InChI=1S/C34H31FN2O4S/c1-41-26-17-13-23(14-18-26)32(38)29-28(22-6-3-2-4-7-22)31(33(39)36-20-21-9-15-25(35)16-10-21)37(34(40)24-11-12-24)30(29)27-8-5-19-42-27/h2-10,13-19,24,28-31H,11-12,20H2,1H3,(H,36,39). The number of likely N-dealkylation sites (tertiary alicyclic amines) is 1. The van der Waals surface area contributed by atoms with Crippen LogP contribution in [0.2, 0.25) is 0 Å². The van der Waals surface area contributed by atoms with Gasteiger partial charge in [-0.15, -0.1) is 11.3 Å². The quantitative estimate of drug-likeness (QED) is 0.240. The number of nitrogens with one attached hydrogen (secondary N) is 1. The molecule has 1 aliphatic heterocycles. The van der Waals surface area contributed by atoms with Crippen molar-refractivity contribution in [1.29, 1.82) is 0 Å². The Morgan fingerprint density at radius 3 is 2.26 bits per heavy atom.